The summed E-state index contributed by atoms with van der Waals surface area (Å²) >= 11 is 0. The molecule has 6 atom stereocenters. The maximum absolute atomic E-state index is 12.8. The summed E-state index contributed by atoms with van der Waals surface area (Å²) in [6.45, 7) is 4.19. The molecule has 1 saturated heterocycles. The van der Waals surface area contributed by atoms with E-state index < -0.39 is 11.3 Å². The summed E-state index contributed by atoms with van der Waals surface area (Å²) in [6.07, 6.45) is 5.45. The van der Waals surface area contributed by atoms with Gasteiger partial charge in [0, 0.05) is 18.4 Å². The van der Waals surface area contributed by atoms with Gasteiger partial charge in [-0.2, -0.15) is 0 Å². The van der Waals surface area contributed by atoms with Crippen LogP contribution >= 0.6 is 0 Å². The van der Waals surface area contributed by atoms with E-state index >= 15 is 0 Å². The molecule has 2 heterocycles. The SMILES string of the molecule is COC(=O)C1CC(=O)CC2C1(C)CCC1C(=O)OC(c3ccoc3)CC12C. The van der Waals surface area contributed by atoms with E-state index in [0.717, 1.165) is 12.0 Å². The van der Waals surface area contributed by atoms with E-state index in [1.54, 1.807) is 12.5 Å². The zero-order valence-electron chi connectivity index (χ0n) is 16.0. The normalized spacial score (nSPS) is 41.3. The van der Waals surface area contributed by atoms with Crippen molar-refractivity contribution in [2.45, 2.75) is 52.1 Å². The molecule has 6 unspecified atom stereocenters. The highest BCUT2D eigenvalue weighted by atomic mass is 16.5. The molecule has 6 nitrogen and oxygen atoms in total. The number of furan rings is 1. The second kappa shape index (κ2) is 6.21. The van der Waals surface area contributed by atoms with Crippen LogP contribution in [0.25, 0.3) is 0 Å². The van der Waals surface area contributed by atoms with E-state index in [4.69, 9.17) is 13.9 Å². The molecule has 1 aliphatic heterocycles. The molecule has 4 rings (SSSR count). The van der Waals surface area contributed by atoms with Gasteiger partial charge in [-0.05, 0) is 42.1 Å². The zero-order valence-corrected chi connectivity index (χ0v) is 16.0. The van der Waals surface area contributed by atoms with Crippen molar-refractivity contribution in [3.8, 4) is 0 Å². The minimum atomic E-state index is -0.447. The molecule has 2 aliphatic carbocycles. The summed E-state index contributed by atoms with van der Waals surface area (Å²) in [7, 11) is 1.38. The number of rotatable bonds is 2. The van der Waals surface area contributed by atoms with Crippen LogP contribution < -0.4 is 0 Å². The maximum Gasteiger partial charge on any atom is 0.310 e. The molecule has 3 fully saturated rings. The Morgan fingerprint density at radius 3 is 2.67 bits per heavy atom. The van der Waals surface area contributed by atoms with Gasteiger partial charge in [0.05, 0.1) is 31.5 Å². The van der Waals surface area contributed by atoms with E-state index in [1.165, 1.54) is 7.11 Å². The maximum atomic E-state index is 12.8. The van der Waals surface area contributed by atoms with Gasteiger partial charge in [-0.3, -0.25) is 14.4 Å². The standard InChI is InChI=1S/C21H26O6/c1-20-6-4-14-19(24)27-16(12-5-7-26-11-12)10-21(14,2)17(20)9-13(22)8-15(20)18(23)25-3/h5,7,11,14-17H,4,6,8-10H2,1-3H3. The number of methoxy groups -OCH3 is 1. The number of hydrogen-bond acceptors (Lipinski definition) is 6. The van der Waals surface area contributed by atoms with Gasteiger partial charge in [-0.15, -0.1) is 0 Å². The van der Waals surface area contributed by atoms with Gasteiger partial charge in [0.2, 0.25) is 0 Å². The Bertz CT molecular complexity index is 768. The van der Waals surface area contributed by atoms with Crippen molar-refractivity contribution in [3.05, 3.63) is 24.2 Å². The zero-order chi connectivity index (χ0) is 19.4. The number of Topliss-reactive ketones (excluding diaryl/α,β-unsaturated/α-hetero) is 1. The Kier molecular flexibility index (Phi) is 4.20. The lowest BCUT2D eigenvalue weighted by molar-refractivity contribution is -0.204. The smallest absolute Gasteiger partial charge is 0.310 e. The Hall–Kier alpha value is -2.11. The van der Waals surface area contributed by atoms with Crippen molar-refractivity contribution >= 4 is 17.7 Å². The summed E-state index contributed by atoms with van der Waals surface area (Å²) in [5.41, 5.74) is 0.0687. The number of esters is 2. The fourth-order valence-corrected chi connectivity index (χ4v) is 6.08. The fraction of sp³-hybridized carbons (Fsp3) is 0.667. The summed E-state index contributed by atoms with van der Waals surface area (Å²) in [6, 6.07) is 1.81. The molecule has 27 heavy (non-hydrogen) atoms. The van der Waals surface area contributed by atoms with E-state index in [0.29, 0.717) is 19.3 Å². The van der Waals surface area contributed by atoms with E-state index in [2.05, 4.69) is 13.8 Å². The number of carbonyl (C=O) groups is 3. The highest BCUT2D eigenvalue weighted by Gasteiger charge is 2.64. The summed E-state index contributed by atoms with van der Waals surface area (Å²) in [5, 5.41) is 0. The van der Waals surface area contributed by atoms with Gasteiger partial charge in [-0.1, -0.05) is 13.8 Å². The molecular weight excluding hydrogens is 348 g/mol. The van der Waals surface area contributed by atoms with Gasteiger partial charge in [0.1, 0.15) is 11.9 Å². The fourth-order valence-electron chi connectivity index (χ4n) is 6.08. The minimum absolute atomic E-state index is 0.0589. The van der Waals surface area contributed by atoms with Crippen LogP contribution in [0.1, 0.15) is 57.6 Å². The summed E-state index contributed by atoms with van der Waals surface area (Å²) in [5.74, 6) is -1.20. The minimum Gasteiger partial charge on any atom is -0.472 e. The average molecular weight is 374 g/mol. The molecule has 1 aromatic heterocycles. The lowest BCUT2D eigenvalue weighted by atomic mass is 9.43. The van der Waals surface area contributed by atoms with Crippen LogP contribution in [-0.2, 0) is 23.9 Å². The van der Waals surface area contributed by atoms with Crippen molar-refractivity contribution in [1.29, 1.82) is 0 Å². The predicted octanol–water partition coefficient (Wildman–Crippen LogP) is 3.46. The molecular formula is C21H26O6. The number of hydrogen-bond donors (Lipinski definition) is 0. The first-order valence-corrected chi connectivity index (χ1v) is 9.61. The second-order valence-electron chi connectivity index (χ2n) is 8.86. The topological polar surface area (TPSA) is 82.8 Å². The van der Waals surface area contributed by atoms with Gasteiger partial charge in [0.25, 0.3) is 0 Å². The predicted molar refractivity (Wildman–Crippen MR) is 94.3 cm³/mol. The lowest BCUT2D eigenvalue weighted by Crippen LogP contribution is -2.60. The molecule has 3 aliphatic rings. The van der Waals surface area contributed by atoms with Crippen LogP contribution in [0.3, 0.4) is 0 Å². The highest BCUT2D eigenvalue weighted by Crippen LogP contribution is 2.65. The van der Waals surface area contributed by atoms with Gasteiger partial charge in [-0.25, -0.2) is 0 Å². The molecule has 0 aromatic carbocycles. The third kappa shape index (κ3) is 2.64. The Morgan fingerprint density at radius 2 is 2.00 bits per heavy atom. The molecule has 146 valence electrons. The van der Waals surface area contributed by atoms with Crippen LogP contribution in [0.5, 0.6) is 0 Å². The number of ether oxygens (including phenoxy) is 2. The quantitative estimate of drug-likeness (QED) is 0.737. The summed E-state index contributed by atoms with van der Waals surface area (Å²) < 4.78 is 15.9. The van der Waals surface area contributed by atoms with Crippen LogP contribution in [0, 0.1) is 28.6 Å². The number of cyclic esters (lactones) is 1. The van der Waals surface area contributed by atoms with Gasteiger partial charge >= 0.3 is 11.9 Å². The molecule has 0 radical (unpaired) electrons. The van der Waals surface area contributed by atoms with Gasteiger partial charge < -0.3 is 13.9 Å². The van der Waals surface area contributed by atoms with Crippen molar-refractivity contribution in [3.63, 3.8) is 0 Å². The Balaban J connectivity index is 1.74. The third-order valence-corrected chi connectivity index (χ3v) is 7.59. The molecule has 0 amide bonds. The molecule has 6 heteroatoms. The molecule has 2 saturated carbocycles. The number of fused-ring (bicyclic) bond motifs is 3. The largest absolute Gasteiger partial charge is 0.472 e. The molecule has 0 N–H and O–H groups in total. The first kappa shape index (κ1) is 18.3. The van der Waals surface area contributed by atoms with Crippen molar-refractivity contribution < 1.29 is 28.3 Å². The molecule has 0 spiro atoms. The van der Waals surface area contributed by atoms with Crippen molar-refractivity contribution in [2.75, 3.05) is 7.11 Å². The lowest BCUT2D eigenvalue weighted by Gasteiger charge is -2.60. The second-order valence-corrected chi connectivity index (χ2v) is 8.86. The van der Waals surface area contributed by atoms with Crippen LogP contribution in [-0.4, -0.2) is 24.8 Å². The molecule has 0 bridgehead atoms. The van der Waals surface area contributed by atoms with Crippen LogP contribution in [0.2, 0.25) is 0 Å². The number of ketones is 1. The molecule has 1 aromatic rings. The van der Waals surface area contributed by atoms with Crippen LogP contribution in [0.15, 0.2) is 23.0 Å². The third-order valence-electron chi connectivity index (χ3n) is 7.59. The first-order valence-electron chi connectivity index (χ1n) is 9.61. The monoisotopic (exact) mass is 374 g/mol. The number of carbonyl (C=O) groups excluding carboxylic acids is 3. The van der Waals surface area contributed by atoms with E-state index in [1.807, 2.05) is 6.07 Å². The highest BCUT2D eigenvalue weighted by molar-refractivity contribution is 5.87. The van der Waals surface area contributed by atoms with Crippen LogP contribution in [0.4, 0.5) is 0 Å². The van der Waals surface area contributed by atoms with Crippen molar-refractivity contribution in [2.24, 2.45) is 28.6 Å². The van der Waals surface area contributed by atoms with E-state index in [-0.39, 0.29) is 47.5 Å². The Morgan fingerprint density at radius 1 is 1.22 bits per heavy atom. The Labute approximate surface area is 158 Å². The van der Waals surface area contributed by atoms with Crippen molar-refractivity contribution in [1.82, 2.24) is 0 Å². The van der Waals surface area contributed by atoms with E-state index in [9.17, 15) is 14.4 Å². The average Bonchev–Trinajstić information content (AvgIpc) is 3.16. The summed E-state index contributed by atoms with van der Waals surface area (Å²) in [4.78, 5) is 37.9. The van der Waals surface area contributed by atoms with Gasteiger partial charge in [0.15, 0.2) is 0 Å². The first-order chi connectivity index (χ1) is 12.8.